The summed E-state index contributed by atoms with van der Waals surface area (Å²) in [5.74, 6) is -0.538. The Morgan fingerprint density at radius 2 is 1.89 bits per heavy atom. The third-order valence-electron chi connectivity index (χ3n) is 3.20. The Morgan fingerprint density at radius 1 is 1.16 bits per heavy atom. The Labute approximate surface area is 108 Å². The van der Waals surface area contributed by atoms with Gasteiger partial charge in [0.2, 0.25) is 11.7 Å². The summed E-state index contributed by atoms with van der Waals surface area (Å²) < 4.78 is 1.44. The molecule has 0 N–H and O–H groups in total. The Balaban J connectivity index is 2.25. The number of rotatable bonds is 1. The fourth-order valence-corrected chi connectivity index (χ4v) is 2.22. The maximum Gasteiger partial charge on any atom is 0.294 e. The van der Waals surface area contributed by atoms with E-state index >= 15 is 0 Å². The molecule has 0 saturated carbocycles. The number of para-hydroxylation sites is 2. The van der Waals surface area contributed by atoms with Gasteiger partial charge in [-0.05, 0) is 12.1 Å². The summed E-state index contributed by atoms with van der Waals surface area (Å²) >= 11 is 0. The Morgan fingerprint density at radius 3 is 2.58 bits per heavy atom. The van der Waals surface area contributed by atoms with Crippen LogP contribution in [0.25, 0.3) is 11.0 Å². The predicted molar refractivity (Wildman–Crippen MR) is 69.0 cm³/mol. The van der Waals surface area contributed by atoms with Crippen LogP contribution >= 0.6 is 0 Å². The van der Waals surface area contributed by atoms with Gasteiger partial charge >= 0.3 is 0 Å². The lowest BCUT2D eigenvalue weighted by Gasteiger charge is -2.15. The zero-order chi connectivity index (χ0) is 13.6. The van der Waals surface area contributed by atoms with E-state index in [1.165, 1.54) is 4.57 Å². The number of ketones is 1. The van der Waals surface area contributed by atoms with Crippen LogP contribution < -0.4 is 10.5 Å². The van der Waals surface area contributed by atoms with Gasteiger partial charge < -0.3 is 4.57 Å². The molecule has 0 spiro atoms. The Bertz CT molecular complexity index is 763. The molecular formula is C13H11N3O3. The molecule has 0 aliphatic carbocycles. The van der Waals surface area contributed by atoms with E-state index in [9.17, 15) is 14.4 Å². The van der Waals surface area contributed by atoms with E-state index in [0.717, 1.165) is 4.90 Å². The fourth-order valence-electron chi connectivity index (χ4n) is 2.22. The number of nitrogens with zero attached hydrogens (tertiary/aromatic N) is 3. The highest BCUT2D eigenvalue weighted by Gasteiger charge is 2.31. The Kier molecular flexibility index (Phi) is 2.45. The van der Waals surface area contributed by atoms with Crippen molar-refractivity contribution in [3.63, 3.8) is 0 Å². The number of anilines is 1. The van der Waals surface area contributed by atoms with Gasteiger partial charge in [-0.25, -0.2) is 4.98 Å². The molecule has 1 amide bonds. The van der Waals surface area contributed by atoms with Gasteiger partial charge in [-0.1, -0.05) is 12.1 Å². The van der Waals surface area contributed by atoms with Gasteiger partial charge in [-0.15, -0.1) is 0 Å². The highest BCUT2D eigenvalue weighted by molar-refractivity contribution is 6.14. The highest BCUT2D eigenvalue weighted by atomic mass is 16.2. The molecule has 96 valence electrons. The monoisotopic (exact) mass is 257 g/mol. The summed E-state index contributed by atoms with van der Waals surface area (Å²) in [4.78, 5) is 40.6. The number of carbonyl (C=O) groups is 2. The lowest BCUT2D eigenvalue weighted by atomic mass is 10.3. The number of aromatic nitrogens is 2. The number of benzene rings is 1. The van der Waals surface area contributed by atoms with Crippen LogP contribution in [0.4, 0.5) is 5.82 Å². The Hall–Kier alpha value is -2.50. The third-order valence-corrected chi connectivity index (χ3v) is 3.20. The molecule has 2 heterocycles. The topological polar surface area (TPSA) is 72.3 Å². The van der Waals surface area contributed by atoms with E-state index in [4.69, 9.17) is 0 Å². The molecule has 6 heteroatoms. The molecule has 1 aliphatic heterocycles. The number of hydrogen-bond acceptors (Lipinski definition) is 4. The molecule has 6 nitrogen and oxygen atoms in total. The highest BCUT2D eigenvalue weighted by Crippen LogP contribution is 2.17. The lowest BCUT2D eigenvalue weighted by Crippen LogP contribution is -2.34. The van der Waals surface area contributed by atoms with Gasteiger partial charge in [0.1, 0.15) is 0 Å². The molecule has 0 atom stereocenters. The van der Waals surface area contributed by atoms with Crippen LogP contribution in [0.1, 0.15) is 6.42 Å². The van der Waals surface area contributed by atoms with Crippen molar-refractivity contribution in [1.82, 2.24) is 9.55 Å². The summed E-state index contributed by atoms with van der Waals surface area (Å²) in [6.07, 6.45) is -0.155. The summed E-state index contributed by atoms with van der Waals surface area (Å²) in [7, 11) is 1.62. The maximum absolute atomic E-state index is 12.2. The maximum atomic E-state index is 12.2. The summed E-state index contributed by atoms with van der Waals surface area (Å²) in [5, 5.41) is 0. The molecule has 1 aliphatic rings. The number of hydrogen-bond donors (Lipinski definition) is 0. The largest absolute Gasteiger partial charge is 0.307 e. The van der Waals surface area contributed by atoms with Crippen LogP contribution in [0.3, 0.4) is 0 Å². The van der Waals surface area contributed by atoms with Crippen LogP contribution in [0, 0.1) is 0 Å². The van der Waals surface area contributed by atoms with Crippen molar-refractivity contribution in [2.75, 3.05) is 11.4 Å². The quantitative estimate of drug-likeness (QED) is 0.686. The summed E-state index contributed by atoms with van der Waals surface area (Å²) in [6, 6.07) is 7.17. The first-order valence-electron chi connectivity index (χ1n) is 5.86. The molecule has 1 fully saturated rings. The van der Waals surface area contributed by atoms with Crippen molar-refractivity contribution >= 4 is 28.5 Å². The minimum absolute atomic E-state index is 0.0250. The zero-order valence-corrected chi connectivity index (χ0v) is 10.3. The van der Waals surface area contributed by atoms with Gasteiger partial charge in [0.05, 0.1) is 24.0 Å². The molecular weight excluding hydrogens is 246 g/mol. The molecule has 19 heavy (non-hydrogen) atoms. The lowest BCUT2D eigenvalue weighted by molar-refractivity contribution is -0.121. The van der Waals surface area contributed by atoms with Crippen LogP contribution in [0.15, 0.2) is 29.1 Å². The molecule has 1 aromatic heterocycles. The van der Waals surface area contributed by atoms with Crippen LogP contribution in [0.5, 0.6) is 0 Å². The average Bonchev–Trinajstić information content (AvgIpc) is 2.73. The normalized spacial score (nSPS) is 15.5. The molecule has 1 aromatic carbocycles. The van der Waals surface area contributed by atoms with Gasteiger partial charge in [0.15, 0.2) is 5.78 Å². The molecule has 0 unspecified atom stereocenters. The van der Waals surface area contributed by atoms with E-state index in [1.807, 2.05) is 6.07 Å². The van der Waals surface area contributed by atoms with Crippen molar-refractivity contribution in [2.24, 2.45) is 7.05 Å². The minimum Gasteiger partial charge on any atom is -0.307 e. The smallest absolute Gasteiger partial charge is 0.294 e. The SMILES string of the molecule is Cn1c(=O)c(N2CC(=O)CC2=O)nc2ccccc21. The van der Waals surface area contributed by atoms with E-state index in [-0.39, 0.29) is 36.0 Å². The van der Waals surface area contributed by atoms with E-state index in [0.29, 0.717) is 11.0 Å². The number of aryl methyl sites for hydroxylation is 1. The summed E-state index contributed by atoms with van der Waals surface area (Å²) in [6.45, 7) is -0.0700. The fraction of sp³-hybridized carbons (Fsp3) is 0.231. The minimum atomic E-state index is -0.373. The second-order valence-electron chi connectivity index (χ2n) is 4.48. The van der Waals surface area contributed by atoms with Gasteiger partial charge in [0, 0.05) is 7.05 Å². The third kappa shape index (κ3) is 1.72. The zero-order valence-electron chi connectivity index (χ0n) is 10.3. The number of amides is 1. The molecule has 3 rings (SSSR count). The first-order valence-corrected chi connectivity index (χ1v) is 5.86. The van der Waals surface area contributed by atoms with Crippen molar-refractivity contribution in [3.05, 3.63) is 34.6 Å². The van der Waals surface area contributed by atoms with Crippen molar-refractivity contribution < 1.29 is 9.59 Å². The second-order valence-corrected chi connectivity index (χ2v) is 4.48. The van der Waals surface area contributed by atoms with Crippen molar-refractivity contribution in [1.29, 1.82) is 0 Å². The van der Waals surface area contributed by atoms with Crippen LogP contribution in [-0.2, 0) is 16.6 Å². The molecule has 2 aromatic rings. The van der Waals surface area contributed by atoms with Crippen molar-refractivity contribution in [3.8, 4) is 0 Å². The van der Waals surface area contributed by atoms with E-state index in [2.05, 4.69) is 4.98 Å². The van der Waals surface area contributed by atoms with Crippen LogP contribution in [-0.4, -0.2) is 27.8 Å². The molecule has 0 radical (unpaired) electrons. The predicted octanol–water partition coefficient (Wildman–Crippen LogP) is 0.239. The number of fused-ring (bicyclic) bond motifs is 1. The molecule has 0 bridgehead atoms. The molecule has 1 saturated heterocycles. The van der Waals surface area contributed by atoms with Gasteiger partial charge in [-0.3, -0.25) is 19.3 Å². The number of carbonyl (C=O) groups excluding carboxylic acids is 2. The summed E-state index contributed by atoms with van der Waals surface area (Å²) in [5.41, 5.74) is 0.933. The first-order chi connectivity index (χ1) is 9.08. The standard InChI is InChI=1S/C13H11N3O3/c1-15-10-5-3-2-4-9(10)14-12(13(15)19)16-7-8(17)6-11(16)18/h2-5H,6-7H2,1H3. The van der Waals surface area contributed by atoms with E-state index in [1.54, 1.807) is 25.2 Å². The van der Waals surface area contributed by atoms with Crippen LogP contribution in [0.2, 0.25) is 0 Å². The van der Waals surface area contributed by atoms with E-state index < -0.39 is 0 Å². The average molecular weight is 257 g/mol. The van der Waals surface area contributed by atoms with Gasteiger partial charge in [-0.2, -0.15) is 0 Å². The number of Topliss-reactive ketones (excluding diaryl/α,β-unsaturated/α-hetero) is 1. The first kappa shape index (κ1) is 11.6. The van der Waals surface area contributed by atoms with Crippen molar-refractivity contribution in [2.45, 2.75) is 6.42 Å². The van der Waals surface area contributed by atoms with Gasteiger partial charge in [0.25, 0.3) is 5.56 Å². The second kappa shape index (κ2) is 4.01.